The average molecular weight is 305 g/mol. The van der Waals surface area contributed by atoms with Crippen LogP contribution in [0, 0.1) is 5.41 Å². The molecule has 1 rings (SSSR count). The zero-order valence-corrected chi connectivity index (χ0v) is 15.0. The van der Waals surface area contributed by atoms with Crippen molar-refractivity contribution >= 4 is 7.60 Å². The fourth-order valence-corrected chi connectivity index (χ4v) is 6.31. The third kappa shape index (κ3) is 4.30. The summed E-state index contributed by atoms with van der Waals surface area (Å²) in [5.74, 6) is 0. The minimum Gasteiger partial charge on any atom is -0.328 e. The van der Waals surface area contributed by atoms with E-state index in [2.05, 4.69) is 13.8 Å². The van der Waals surface area contributed by atoms with E-state index in [0.717, 1.165) is 12.8 Å². The molecule has 0 radical (unpaired) electrons. The van der Waals surface area contributed by atoms with E-state index in [1.807, 2.05) is 34.6 Å². The Balaban J connectivity index is 3.13. The molecule has 1 aliphatic carbocycles. The van der Waals surface area contributed by atoms with Gasteiger partial charge in [0, 0.05) is 6.04 Å². The molecule has 2 unspecified atom stereocenters. The second-order valence-corrected chi connectivity index (χ2v) is 10.3. The Hall–Kier alpha value is 0.110. The first-order chi connectivity index (χ1) is 8.89. The molecule has 0 aromatic rings. The van der Waals surface area contributed by atoms with Crippen LogP contribution in [-0.4, -0.2) is 23.4 Å². The van der Waals surface area contributed by atoms with Crippen molar-refractivity contribution in [2.75, 3.05) is 0 Å². The lowest BCUT2D eigenvalue weighted by Gasteiger charge is -2.48. The monoisotopic (exact) mass is 305 g/mol. The highest BCUT2D eigenvalue weighted by molar-refractivity contribution is 7.55. The SMILES string of the molecule is CC(C)OP(=O)(OC(C)C)C1(C)CC(N)CC(C)(C)C1. The number of rotatable bonds is 5. The molecule has 0 heterocycles. The summed E-state index contributed by atoms with van der Waals surface area (Å²) in [4.78, 5) is 0. The summed E-state index contributed by atoms with van der Waals surface area (Å²) in [6.07, 6.45) is 2.19. The Labute approximate surface area is 124 Å². The van der Waals surface area contributed by atoms with Crippen LogP contribution in [0.25, 0.3) is 0 Å². The first-order valence-corrected chi connectivity index (χ1v) is 9.16. The van der Waals surface area contributed by atoms with Gasteiger partial charge < -0.3 is 14.8 Å². The predicted octanol–water partition coefficient (Wildman–Crippen LogP) is 4.33. The molecule has 2 atom stereocenters. The van der Waals surface area contributed by atoms with Crippen molar-refractivity contribution in [3.8, 4) is 0 Å². The molecule has 0 aromatic heterocycles. The quantitative estimate of drug-likeness (QED) is 0.768. The summed E-state index contributed by atoms with van der Waals surface area (Å²) in [6.45, 7) is 14.0. The number of hydrogen-bond acceptors (Lipinski definition) is 4. The van der Waals surface area contributed by atoms with Crippen LogP contribution in [0.4, 0.5) is 0 Å². The van der Waals surface area contributed by atoms with Crippen molar-refractivity contribution < 1.29 is 13.6 Å². The maximum absolute atomic E-state index is 13.4. The molecule has 0 amide bonds. The lowest BCUT2D eigenvalue weighted by molar-refractivity contribution is 0.0967. The molecule has 120 valence electrons. The summed E-state index contributed by atoms with van der Waals surface area (Å²) in [5, 5.41) is -0.511. The third-order valence-electron chi connectivity index (χ3n) is 3.74. The lowest BCUT2D eigenvalue weighted by Crippen LogP contribution is -2.47. The molecule has 1 aliphatic rings. The highest BCUT2D eigenvalue weighted by atomic mass is 31.2. The summed E-state index contributed by atoms with van der Waals surface area (Å²) in [6, 6.07) is 0.0450. The second-order valence-electron chi connectivity index (χ2n) is 7.81. The smallest absolute Gasteiger partial charge is 0.328 e. The summed E-state index contributed by atoms with van der Waals surface area (Å²) in [7, 11) is -3.22. The molecule has 1 fully saturated rings. The van der Waals surface area contributed by atoms with Crippen molar-refractivity contribution in [1.29, 1.82) is 0 Å². The Morgan fingerprint density at radius 2 is 1.50 bits per heavy atom. The lowest BCUT2D eigenvalue weighted by atomic mass is 9.70. The van der Waals surface area contributed by atoms with Gasteiger partial charge in [0.05, 0.1) is 17.4 Å². The van der Waals surface area contributed by atoms with Gasteiger partial charge in [0.15, 0.2) is 0 Å². The minimum absolute atomic E-state index is 0.0450. The van der Waals surface area contributed by atoms with Crippen LogP contribution in [0.1, 0.15) is 67.7 Å². The molecule has 0 bridgehead atoms. The van der Waals surface area contributed by atoms with Crippen LogP contribution in [-0.2, 0) is 13.6 Å². The minimum atomic E-state index is -3.22. The largest absolute Gasteiger partial charge is 0.337 e. The molecule has 0 aliphatic heterocycles. The van der Waals surface area contributed by atoms with Gasteiger partial charge in [-0.1, -0.05) is 13.8 Å². The van der Waals surface area contributed by atoms with Crippen LogP contribution in [0.15, 0.2) is 0 Å². The van der Waals surface area contributed by atoms with E-state index in [1.165, 1.54) is 0 Å². The van der Waals surface area contributed by atoms with Crippen LogP contribution < -0.4 is 5.73 Å². The van der Waals surface area contributed by atoms with Crippen LogP contribution >= 0.6 is 7.60 Å². The Kier molecular flexibility index (Phi) is 5.52. The van der Waals surface area contributed by atoms with Crippen LogP contribution in [0.5, 0.6) is 0 Å². The molecule has 0 spiro atoms. The van der Waals surface area contributed by atoms with E-state index < -0.39 is 12.8 Å². The van der Waals surface area contributed by atoms with Crippen molar-refractivity contribution in [1.82, 2.24) is 0 Å². The van der Waals surface area contributed by atoms with E-state index in [1.54, 1.807) is 0 Å². The van der Waals surface area contributed by atoms with E-state index in [0.29, 0.717) is 6.42 Å². The van der Waals surface area contributed by atoms with E-state index in [9.17, 15) is 4.57 Å². The zero-order valence-electron chi connectivity index (χ0n) is 14.1. The molecule has 4 nitrogen and oxygen atoms in total. The standard InChI is InChI=1S/C15H32NO3P/c1-11(2)18-20(17,19-12(3)4)15(7)9-13(16)8-14(5,6)10-15/h11-13H,8-10,16H2,1-7H3. The van der Waals surface area contributed by atoms with Gasteiger partial charge in [-0.3, -0.25) is 4.57 Å². The van der Waals surface area contributed by atoms with Gasteiger partial charge in [-0.05, 0) is 59.3 Å². The summed E-state index contributed by atoms with van der Waals surface area (Å²) >= 11 is 0. The van der Waals surface area contributed by atoms with Gasteiger partial charge in [-0.2, -0.15) is 0 Å². The summed E-state index contributed by atoms with van der Waals surface area (Å²) in [5.41, 5.74) is 6.27. The molecular weight excluding hydrogens is 273 g/mol. The molecule has 0 saturated heterocycles. The highest BCUT2D eigenvalue weighted by Gasteiger charge is 2.54. The maximum atomic E-state index is 13.4. The van der Waals surface area contributed by atoms with Crippen molar-refractivity contribution in [3.63, 3.8) is 0 Å². The van der Waals surface area contributed by atoms with Gasteiger partial charge in [-0.15, -0.1) is 0 Å². The van der Waals surface area contributed by atoms with Crippen molar-refractivity contribution in [2.45, 2.75) is 91.1 Å². The van der Waals surface area contributed by atoms with E-state index in [4.69, 9.17) is 14.8 Å². The fourth-order valence-electron chi connectivity index (χ4n) is 3.57. The molecule has 2 N–H and O–H groups in total. The van der Waals surface area contributed by atoms with E-state index >= 15 is 0 Å². The highest BCUT2D eigenvalue weighted by Crippen LogP contribution is 2.67. The van der Waals surface area contributed by atoms with Gasteiger partial charge in [0.1, 0.15) is 0 Å². The molecular formula is C15H32NO3P. The number of nitrogens with two attached hydrogens (primary N) is 1. The fraction of sp³-hybridized carbons (Fsp3) is 1.00. The molecule has 20 heavy (non-hydrogen) atoms. The van der Waals surface area contributed by atoms with Gasteiger partial charge in [0.2, 0.25) is 0 Å². The third-order valence-corrected chi connectivity index (χ3v) is 6.80. The average Bonchev–Trinajstić information content (AvgIpc) is 2.09. The van der Waals surface area contributed by atoms with E-state index in [-0.39, 0.29) is 23.7 Å². The van der Waals surface area contributed by atoms with Crippen LogP contribution in [0.3, 0.4) is 0 Å². The Morgan fingerprint density at radius 3 is 1.85 bits per heavy atom. The molecule has 5 heteroatoms. The van der Waals surface area contributed by atoms with Gasteiger partial charge >= 0.3 is 7.60 Å². The zero-order chi connectivity index (χ0) is 15.8. The Bertz CT molecular complexity index is 367. The molecule has 0 aromatic carbocycles. The number of hydrogen-bond donors (Lipinski definition) is 1. The predicted molar refractivity (Wildman–Crippen MR) is 84.1 cm³/mol. The second kappa shape index (κ2) is 6.08. The molecule has 1 saturated carbocycles. The topological polar surface area (TPSA) is 61.5 Å². The Morgan fingerprint density at radius 1 is 1.05 bits per heavy atom. The van der Waals surface area contributed by atoms with Crippen molar-refractivity contribution in [3.05, 3.63) is 0 Å². The first kappa shape index (κ1) is 18.2. The van der Waals surface area contributed by atoms with Gasteiger partial charge in [0.25, 0.3) is 0 Å². The van der Waals surface area contributed by atoms with Crippen molar-refractivity contribution in [2.24, 2.45) is 11.1 Å². The van der Waals surface area contributed by atoms with Gasteiger partial charge in [-0.25, -0.2) is 0 Å². The van der Waals surface area contributed by atoms with Crippen LogP contribution in [0.2, 0.25) is 0 Å². The summed E-state index contributed by atoms with van der Waals surface area (Å²) < 4.78 is 25.1. The normalized spacial score (nSPS) is 31.0. The first-order valence-electron chi connectivity index (χ1n) is 7.62. The maximum Gasteiger partial charge on any atom is 0.337 e.